The number of nitrogens with zero attached hydrogens (tertiary/aromatic N) is 1. The van der Waals surface area contributed by atoms with Crippen molar-refractivity contribution in [2.24, 2.45) is 17.8 Å². The maximum atomic E-state index is 12.4. The number of hydrogen-bond donors (Lipinski definition) is 1. The SMILES string of the molecule is CC(=O)NC1(CC(C2CCCC2)C2CCN(C(=O)OC(C)(C)C)CC2)CC1. The van der Waals surface area contributed by atoms with Crippen LogP contribution in [0.15, 0.2) is 0 Å². The highest BCUT2D eigenvalue weighted by atomic mass is 16.6. The lowest BCUT2D eigenvalue weighted by molar-refractivity contribution is -0.120. The minimum absolute atomic E-state index is 0.0708. The van der Waals surface area contributed by atoms with Crippen LogP contribution >= 0.6 is 0 Å². The van der Waals surface area contributed by atoms with Gasteiger partial charge in [0.15, 0.2) is 0 Å². The van der Waals surface area contributed by atoms with E-state index in [0.29, 0.717) is 11.8 Å². The normalized spacial score (nSPS) is 24.5. The lowest BCUT2D eigenvalue weighted by Gasteiger charge is -2.40. The van der Waals surface area contributed by atoms with Gasteiger partial charge in [-0.2, -0.15) is 0 Å². The van der Waals surface area contributed by atoms with E-state index in [0.717, 1.165) is 51.1 Å². The average molecular weight is 379 g/mol. The molecule has 1 unspecified atom stereocenters. The third kappa shape index (κ3) is 5.61. The van der Waals surface area contributed by atoms with Crippen LogP contribution in [0.2, 0.25) is 0 Å². The van der Waals surface area contributed by atoms with Crippen molar-refractivity contribution < 1.29 is 14.3 Å². The molecule has 2 saturated carbocycles. The Kier molecular flexibility index (Phi) is 6.07. The van der Waals surface area contributed by atoms with Gasteiger partial charge in [0.2, 0.25) is 5.91 Å². The summed E-state index contributed by atoms with van der Waals surface area (Å²) in [6, 6.07) is 0. The zero-order chi connectivity index (χ0) is 19.7. The number of ether oxygens (including phenoxy) is 1. The van der Waals surface area contributed by atoms with Crippen molar-refractivity contribution in [3.05, 3.63) is 0 Å². The van der Waals surface area contributed by atoms with Crippen LogP contribution in [0.1, 0.15) is 85.5 Å². The molecule has 0 radical (unpaired) electrons. The summed E-state index contributed by atoms with van der Waals surface area (Å²) in [5, 5.41) is 3.25. The highest BCUT2D eigenvalue weighted by Crippen LogP contribution is 2.49. The summed E-state index contributed by atoms with van der Waals surface area (Å²) in [6.07, 6.45) is 10.7. The van der Waals surface area contributed by atoms with Crippen LogP contribution in [-0.2, 0) is 9.53 Å². The second-order valence-electron chi connectivity index (χ2n) is 10.2. The van der Waals surface area contributed by atoms with Crippen LogP contribution in [-0.4, -0.2) is 41.1 Å². The van der Waals surface area contributed by atoms with Gasteiger partial charge in [0, 0.05) is 25.6 Å². The van der Waals surface area contributed by atoms with E-state index < -0.39 is 5.60 Å². The van der Waals surface area contributed by atoms with Crippen molar-refractivity contribution in [3.63, 3.8) is 0 Å². The fourth-order valence-electron chi connectivity index (χ4n) is 5.30. The summed E-state index contributed by atoms with van der Waals surface area (Å²) < 4.78 is 5.55. The average Bonchev–Trinajstić information content (AvgIpc) is 3.10. The molecule has 1 atom stereocenters. The molecule has 27 heavy (non-hydrogen) atoms. The first kappa shape index (κ1) is 20.5. The van der Waals surface area contributed by atoms with Crippen LogP contribution in [0.4, 0.5) is 4.79 Å². The fraction of sp³-hybridized carbons (Fsp3) is 0.909. The molecule has 5 nitrogen and oxygen atoms in total. The Morgan fingerprint density at radius 3 is 2.11 bits per heavy atom. The van der Waals surface area contributed by atoms with Crippen molar-refractivity contribution in [1.29, 1.82) is 0 Å². The molecular formula is C22H38N2O3. The second-order valence-corrected chi connectivity index (χ2v) is 10.2. The summed E-state index contributed by atoms with van der Waals surface area (Å²) in [5.41, 5.74) is -0.363. The molecule has 5 heteroatoms. The third-order valence-electron chi connectivity index (χ3n) is 6.72. The van der Waals surface area contributed by atoms with Gasteiger partial charge in [-0.3, -0.25) is 4.79 Å². The number of piperidine rings is 1. The van der Waals surface area contributed by atoms with Crippen molar-refractivity contribution in [3.8, 4) is 0 Å². The van der Waals surface area contributed by atoms with Crippen molar-refractivity contribution in [1.82, 2.24) is 10.2 Å². The molecule has 1 saturated heterocycles. The zero-order valence-corrected chi connectivity index (χ0v) is 17.7. The molecule has 1 N–H and O–H groups in total. The number of amides is 2. The van der Waals surface area contributed by atoms with Gasteiger partial charge in [-0.05, 0) is 70.6 Å². The van der Waals surface area contributed by atoms with Gasteiger partial charge in [-0.25, -0.2) is 4.79 Å². The number of carbonyl (C=O) groups is 2. The van der Waals surface area contributed by atoms with Gasteiger partial charge in [-0.1, -0.05) is 25.7 Å². The standard InChI is InChI=1S/C22H38N2O3/c1-16(25)23-22(11-12-22)15-19(17-7-5-6-8-17)18-9-13-24(14-10-18)20(26)27-21(2,3)4/h17-19H,5-15H2,1-4H3,(H,23,25). The molecule has 2 aliphatic carbocycles. The maximum absolute atomic E-state index is 12.4. The van der Waals surface area contributed by atoms with E-state index >= 15 is 0 Å². The predicted octanol–water partition coefficient (Wildman–Crippen LogP) is 4.50. The molecule has 3 fully saturated rings. The summed E-state index contributed by atoms with van der Waals surface area (Å²) in [7, 11) is 0. The molecule has 0 aromatic rings. The highest BCUT2D eigenvalue weighted by molar-refractivity contribution is 5.74. The molecule has 3 aliphatic rings. The molecule has 2 amide bonds. The lowest BCUT2D eigenvalue weighted by atomic mass is 9.72. The quantitative estimate of drug-likeness (QED) is 0.766. The molecule has 0 aromatic carbocycles. The van der Waals surface area contributed by atoms with Crippen LogP contribution in [0.25, 0.3) is 0 Å². The molecule has 0 spiro atoms. The minimum Gasteiger partial charge on any atom is -0.444 e. The van der Waals surface area contributed by atoms with Crippen molar-refractivity contribution in [2.75, 3.05) is 13.1 Å². The summed E-state index contributed by atoms with van der Waals surface area (Å²) in [4.78, 5) is 25.9. The third-order valence-corrected chi connectivity index (χ3v) is 6.72. The first-order valence-corrected chi connectivity index (χ1v) is 10.9. The highest BCUT2D eigenvalue weighted by Gasteiger charge is 2.48. The van der Waals surface area contributed by atoms with Crippen molar-refractivity contribution >= 4 is 12.0 Å². The maximum Gasteiger partial charge on any atom is 0.410 e. The van der Waals surface area contributed by atoms with Gasteiger partial charge in [0.1, 0.15) is 5.60 Å². The van der Waals surface area contributed by atoms with Crippen LogP contribution in [0.3, 0.4) is 0 Å². The Labute approximate surface area is 164 Å². The van der Waals surface area contributed by atoms with E-state index in [-0.39, 0.29) is 17.5 Å². The van der Waals surface area contributed by atoms with E-state index in [1.54, 1.807) is 6.92 Å². The smallest absolute Gasteiger partial charge is 0.410 e. The van der Waals surface area contributed by atoms with E-state index in [2.05, 4.69) is 5.32 Å². The van der Waals surface area contributed by atoms with Crippen LogP contribution < -0.4 is 5.32 Å². The summed E-state index contributed by atoms with van der Waals surface area (Å²) in [6.45, 7) is 9.01. The van der Waals surface area contributed by atoms with Crippen LogP contribution in [0, 0.1) is 17.8 Å². The van der Waals surface area contributed by atoms with E-state index in [9.17, 15) is 9.59 Å². The number of carbonyl (C=O) groups excluding carboxylic acids is 2. The fourth-order valence-corrected chi connectivity index (χ4v) is 5.30. The molecular weight excluding hydrogens is 340 g/mol. The lowest BCUT2D eigenvalue weighted by Crippen LogP contribution is -2.45. The Balaban J connectivity index is 1.59. The van der Waals surface area contributed by atoms with E-state index in [4.69, 9.17) is 4.74 Å². The Bertz CT molecular complexity index is 536. The van der Waals surface area contributed by atoms with Gasteiger partial charge >= 0.3 is 6.09 Å². The first-order valence-electron chi connectivity index (χ1n) is 10.9. The predicted molar refractivity (Wildman–Crippen MR) is 106 cm³/mol. The topological polar surface area (TPSA) is 58.6 Å². The van der Waals surface area contributed by atoms with E-state index in [1.807, 2.05) is 25.7 Å². The molecule has 1 aliphatic heterocycles. The van der Waals surface area contributed by atoms with Crippen LogP contribution in [0.5, 0.6) is 0 Å². The Morgan fingerprint density at radius 1 is 1.07 bits per heavy atom. The number of likely N-dealkylation sites (tertiary alicyclic amines) is 1. The molecule has 0 aromatic heterocycles. The number of hydrogen-bond acceptors (Lipinski definition) is 3. The Hall–Kier alpha value is -1.26. The monoisotopic (exact) mass is 378 g/mol. The molecule has 1 heterocycles. The van der Waals surface area contributed by atoms with Gasteiger partial charge in [-0.15, -0.1) is 0 Å². The second kappa shape index (κ2) is 8.00. The first-order chi connectivity index (χ1) is 12.7. The Morgan fingerprint density at radius 2 is 1.63 bits per heavy atom. The summed E-state index contributed by atoms with van der Waals surface area (Å²) >= 11 is 0. The minimum atomic E-state index is -0.434. The van der Waals surface area contributed by atoms with Gasteiger partial charge < -0.3 is 15.0 Å². The largest absolute Gasteiger partial charge is 0.444 e. The zero-order valence-electron chi connectivity index (χ0n) is 17.7. The number of nitrogens with one attached hydrogen (secondary N) is 1. The molecule has 3 rings (SSSR count). The summed E-state index contributed by atoms with van der Waals surface area (Å²) in [5.74, 6) is 2.26. The molecule has 0 bridgehead atoms. The van der Waals surface area contributed by atoms with E-state index in [1.165, 1.54) is 25.7 Å². The van der Waals surface area contributed by atoms with Crippen molar-refractivity contribution in [2.45, 2.75) is 96.6 Å². The van der Waals surface area contributed by atoms with Gasteiger partial charge in [0.25, 0.3) is 0 Å². The number of rotatable bonds is 5. The van der Waals surface area contributed by atoms with Gasteiger partial charge in [0.05, 0.1) is 0 Å². The molecule has 154 valence electrons.